The summed E-state index contributed by atoms with van der Waals surface area (Å²) in [6.45, 7) is 4.36. The Morgan fingerprint density at radius 1 is 0.615 bits per heavy atom. The molecule has 374 valence electrons. The Balaban J connectivity index is 2.52. The number of carboxylic acid groups (broad SMARTS) is 2. The van der Waals surface area contributed by atoms with Crippen LogP contribution in [-0.4, -0.2) is 84.4 Å². The molecule has 1 aromatic rings. The molecule has 0 aliphatic heterocycles. The monoisotopic (exact) mass is 955 g/mol. The number of unbranched alkanes of at least 4 members (excludes halogenated alkanes) is 24. The molecule has 15 heteroatoms. The first-order valence-electron chi connectivity index (χ1n) is 25.1. The van der Waals surface area contributed by atoms with Gasteiger partial charge in [0.1, 0.15) is 18.8 Å². The van der Waals surface area contributed by atoms with Crippen LogP contribution in [0.3, 0.4) is 0 Å². The normalized spacial score (nSPS) is 12.4. The average Bonchev–Trinajstić information content (AvgIpc) is 3.28. The molecule has 0 aliphatic carbocycles. The molecule has 13 nitrogen and oxygen atoms in total. The van der Waals surface area contributed by atoms with Crippen LogP contribution in [0, 0.1) is 0 Å². The van der Waals surface area contributed by atoms with E-state index in [4.69, 9.17) is 14.6 Å². The van der Waals surface area contributed by atoms with Crippen LogP contribution in [0.15, 0.2) is 24.3 Å². The molecule has 0 spiro atoms. The van der Waals surface area contributed by atoms with Gasteiger partial charge < -0.3 is 25.0 Å². The summed E-state index contributed by atoms with van der Waals surface area (Å²) < 4.78 is 39.5. The lowest BCUT2D eigenvalue weighted by Crippen LogP contribution is -2.41. The van der Waals surface area contributed by atoms with Crippen molar-refractivity contribution in [3.05, 3.63) is 35.4 Å². The predicted molar refractivity (Wildman–Crippen MR) is 262 cm³/mol. The summed E-state index contributed by atoms with van der Waals surface area (Å²) in [5, 5.41) is 20.5. The fourth-order valence-corrected chi connectivity index (χ4v) is 9.86. The molecule has 4 N–H and O–H groups in total. The van der Waals surface area contributed by atoms with Gasteiger partial charge in [0.2, 0.25) is 10.0 Å². The lowest BCUT2D eigenvalue weighted by atomic mass is 10.0. The molecular weight excluding hydrogens is 869 g/mol. The quantitative estimate of drug-likeness (QED) is 0.0356. The van der Waals surface area contributed by atoms with Gasteiger partial charge in [0.15, 0.2) is 0 Å². The number of sulfonamides is 1. The maximum atomic E-state index is 12.9. The number of amides is 1. The van der Waals surface area contributed by atoms with E-state index >= 15 is 0 Å². The van der Waals surface area contributed by atoms with Gasteiger partial charge in [-0.15, -0.1) is 0 Å². The standard InChI is InChI=1S/C50H86N2O11S2/c1-3-5-7-9-11-13-15-17-19-21-23-25-27-29-47(55)62-40-44(63-48(56)30-28-26-24-22-20-18-16-14-12-10-8-6-4-2)41-64-37-38-65(60,61)51-39-42-31-33-43(34-32-42)49(57)52-45(50(58)59)35-36-46(53)54/h31-34,44-45,51H,3-30,35-41H2,1-2H3,(H,52,57)(H,53,54)(H,58,59)/t44-,45?/m1/s1. The van der Waals surface area contributed by atoms with E-state index < -0.39 is 46.4 Å². The number of hydrogen-bond donors (Lipinski definition) is 4. The number of carbonyl (C=O) groups excluding carboxylic acids is 3. The molecule has 0 aliphatic rings. The van der Waals surface area contributed by atoms with Gasteiger partial charge in [-0.25, -0.2) is 17.9 Å². The van der Waals surface area contributed by atoms with Crippen molar-refractivity contribution in [2.45, 2.75) is 225 Å². The molecule has 1 amide bonds. The Labute approximate surface area is 396 Å². The van der Waals surface area contributed by atoms with Crippen LogP contribution in [0.4, 0.5) is 0 Å². The van der Waals surface area contributed by atoms with E-state index in [1.165, 1.54) is 158 Å². The summed E-state index contributed by atoms with van der Waals surface area (Å²) in [6, 6.07) is 4.56. The minimum Gasteiger partial charge on any atom is -0.481 e. The molecular formula is C50H86N2O11S2. The van der Waals surface area contributed by atoms with Gasteiger partial charge in [-0.1, -0.05) is 180 Å². The van der Waals surface area contributed by atoms with Crippen LogP contribution >= 0.6 is 11.8 Å². The third kappa shape index (κ3) is 35.7. The second-order valence-electron chi connectivity index (χ2n) is 17.5. The largest absolute Gasteiger partial charge is 0.481 e. The Hall–Kier alpha value is -3.17. The van der Waals surface area contributed by atoms with Crippen molar-refractivity contribution in [2.24, 2.45) is 0 Å². The highest BCUT2D eigenvalue weighted by molar-refractivity contribution is 8.00. The van der Waals surface area contributed by atoms with Crippen molar-refractivity contribution in [3.63, 3.8) is 0 Å². The van der Waals surface area contributed by atoms with Crippen molar-refractivity contribution in [1.29, 1.82) is 0 Å². The Morgan fingerprint density at radius 2 is 1.06 bits per heavy atom. The number of esters is 2. The van der Waals surface area contributed by atoms with Crippen molar-refractivity contribution in [1.82, 2.24) is 10.0 Å². The van der Waals surface area contributed by atoms with Crippen LogP contribution in [0.1, 0.15) is 222 Å². The first-order valence-corrected chi connectivity index (χ1v) is 27.9. The third-order valence-electron chi connectivity index (χ3n) is 11.5. The lowest BCUT2D eigenvalue weighted by molar-refractivity contribution is -0.157. The van der Waals surface area contributed by atoms with Crippen LogP contribution < -0.4 is 10.0 Å². The summed E-state index contributed by atoms with van der Waals surface area (Å²) in [5.41, 5.74) is 0.703. The van der Waals surface area contributed by atoms with Crippen LogP contribution in [-0.2, 0) is 45.2 Å². The summed E-state index contributed by atoms with van der Waals surface area (Å²) in [4.78, 5) is 60.3. The summed E-state index contributed by atoms with van der Waals surface area (Å²) in [7, 11) is -3.71. The minimum absolute atomic E-state index is 0.0418. The van der Waals surface area contributed by atoms with E-state index in [9.17, 15) is 37.5 Å². The summed E-state index contributed by atoms with van der Waals surface area (Å²) >= 11 is 1.30. The molecule has 1 rings (SSSR count). The van der Waals surface area contributed by atoms with Gasteiger partial charge in [-0.3, -0.25) is 19.2 Å². The number of hydrogen-bond acceptors (Lipinski definition) is 10. The van der Waals surface area contributed by atoms with Crippen molar-refractivity contribution in [3.8, 4) is 0 Å². The molecule has 0 saturated heterocycles. The van der Waals surface area contributed by atoms with Gasteiger partial charge in [0.05, 0.1) is 5.75 Å². The van der Waals surface area contributed by atoms with Gasteiger partial charge in [-0.2, -0.15) is 11.8 Å². The van der Waals surface area contributed by atoms with Gasteiger partial charge in [0, 0.05) is 42.9 Å². The molecule has 0 bridgehead atoms. The van der Waals surface area contributed by atoms with Crippen LogP contribution in [0.25, 0.3) is 0 Å². The van der Waals surface area contributed by atoms with Gasteiger partial charge in [-0.05, 0) is 37.0 Å². The molecule has 1 unspecified atom stereocenters. The second-order valence-corrected chi connectivity index (χ2v) is 20.6. The Morgan fingerprint density at radius 3 is 1.51 bits per heavy atom. The van der Waals surface area contributed by atoms with Crippen molar-refractivity contribution in [2.75, 3.05) is 23.9 Å². The van der Waals surface area contributed by atoms with Crippen molar-refractivity contribution < 1.29 is 52.1 Å². The minimum atomic E-state index is -3.71. The second kappa shape index (κ2) is 39.9. The zero-order valence-corrected chi connectivity index (χ0v) is 41.7. The first-order chi connectivity index (χ1) is 31.4. The predicted octanol–water partition coefficient (Wildman–Crippen LogP) is 11.3. The number of carbonyl (C=O) groups is 5. The first kappa shape index (κ1) is 59.8. The third-order valence-corrected chi connectivity index (χ3v) is 14.1. The van der Waals surface area contributed by atoms with Crippen LogP contribution in [0.5, 0.6) is 0 Å². The Bertz CT molecular complexity index is 1530. The van der Waals surface area contributed by atoms with Gasteiger partial charge in [0.25, 0.3) is 5.91 Å². The highest BCUT2D eigenvalue weighted by Gasteiger charge is 2.22. The number of carboxylic acids is 2. The fourth-order valence-electron chi connectivity index (χ4n) is 7.38. The maximum absolute atomic E-state index is 12.9. The van der Waals surface area contributed by atoms with E-state index in [1.807, 2.05) is 0 Å². The van der Waals surface area contributed by atoms with E-state index in [2.05, 4.69) is 23.9 Å². The smallest absolute Gasteiger partial charge is 0.326 e. The van der Waals surface area contributed by atoms with Crippen molar-refractivity contribution >= 4 is 51.6 Å². The molecule has 1 aromatic carbocycles. The topological polar surface area (TPSA) is 202 Å². The number of nitrogens with one attached hydrogen (secondary N) is 2. The number of aliphatic carboxylic acids is 2. The van der Waals surface area contributed by atoms with E-state index in [0.29, 0.717) is 12.0 Å². The molecule has 0 radical (unpaired) electrons. The average molecular weight is 955 g/mol. The maximum Gasteiger partial charge on any atom is 0.326 e. The summed E-state index contributed by atoms with van der Waals surface area (Å²) in [5.74, 6) is -3.61. The van der Waals surface area contributed by atoms with E-state index in [1.54, 1.807) is 0 Å². The molecule has 0 heterocycles. The zero-order chi connectivity index (χ0) is 47.8. The fraction of sp³-hybridized carbons (Fsp3) is 0.780. The number of ether oxygens (including phenoxy) is 2. The number of benzene rings is 1. The SMILES string of the molecule is CCCCCCCCCCCCCCCC(=O)OC[C@H](CSCCS(=O)(=O)NCc1ccc(C(=O)NC(CCC(=O)O)C(=O)O)cc1)OC(=O)CCCCCCCCCCCCCCC. The zero-order valence-electron chi connectivity index (χ0n) is 40.1. The molecule has 0 saturated carbocycles. The van der Waals surface area contributed by atoms with E-state index in [-0.39, 0.29) is 60.8 Å². The molecule has 0 fully saturated rings. The molecule has 0 aromatic heterocycles. The number of thioether (sulfide) groups is 1. The molecule has 65 heavy (non-hydrogen) atoms. The van der Waals surface area contributed by atoms with E-state index in [0.717, 1.165) is 44.9 Å². The molecule has 2 atom stereocenters. The highest BCUT2D eigenvalue weighted by atomic mass is 32.2. The number of rotatable bonds is 45. The van der Waals surface area contributed by atoms with Gasteiger partial charge >= 0.3 is 23.9 Å². The highest BCUT2D eigenvalue weighted by Crippen LogP contribution is 2.17. The van der Waals surface area contributed by atoms with Crippen LogP contribution in [0.2, 0.25) is 0 Å². The summed E-state index contributed by atoms with van der Waals surface area (Å²) in [6.07, 6.45) is 30.7. The Kier molecular flexibility index (Phi) is 36.8. The lowest BCUT2D eigenvalue weighted by Gasteiger charge is -2.18.